The van der Waals surface area contributed by atoms with Gasteiger partial charge in [-0.1, -0.05) is 0 Å². The summed E-state index contributed by atoms with van der Waals surface area (Å²) in [7, 11) is 1.61. The van der Waals surface area contributed by atoms with Gasteiger partial charge in [0.2, 0.25) is 0 Å². The Balaban J connectivity index is 2.08. The minimum absolute atomic E-state index is 0.0647. The number of hydrogen-bond acceptors (Lipinski definition) is 5. The first kappa shape index (κ1) is 10.3. The van der Waals surface area contributed by atoms with Crippen LogP contribution in [0.15, 0.2) is 0 Å². The van der Waals surface area contributed by atoms with Crippen LogP contribution in [0.2, 0.25) is 0 Å². The molecule has 5 heteroatoms. The summed E-state index contributed by atoms with van der Waals surface area (Å²) in [5, 5.41) is 0. The summed E-state index contributed by atoms with van der Waals surface area (Å²) in [6, 6.07) is 0. The van der Waals surface area contributed by atoms with Crippen LogP contribution in [0.3, 0.4) is 0 Å². The van der Waals surface area contributed by atoms with Gasteiger partial charge >= 0.3 is 0 Å². The molecular weight excluding hydrogens is 186 g/mol. The van der Waals surface area contributed by atoms with E-state index >= 15 is 0 Å². The van der Waals surface area contributed by atoms with Gasteiger partial charge in [0.1, 0.15) is 18.3 Å². The van der Waals surface area contributed by atoms with Gasteiger partial charge in [-0.3, -0.25) is 5.73 Å². The minimum Gasteiger partial charge on any atom is -0.374 e. The van der Waals surface area contributed by atoms with E-state index in [9.17, 15) is 0 Å². The van der Waals surface area contributed by atoms with Crippen LogP contribution in [-0.4, -0.2) is 51.0 Å². The third kappa shape index (κ3) is 1.36. The smallest absolute Gasteiger partial charge is 0.174 e. The Morgan fingerprint density at radius 2 is 2.29 bits per heavy atom. The lowest BCUT2D eigenvalue weighted by molar-refractivity contribution is -0.0858. The van der Waals surface area contributed by atoms with Crippen molar-refractivity contribution in [2.45, 2.75) is 31.0 Å². The van der Waals surface area contributed by atoms with Crippen molar-refractivity contribution in [3.05, 3.63) is 0 Å². The second kappa shape index (κ2) is 3.75. The molecule has 2 rings (SSSR count). The first-order valence-corrected chi connectivity index (χ1v) is 4.91. The van der Waals surface area contributed by atoms with Crippen molar-refractivity contribution >= 4 is 0 Å². The highest BCUT2D eigenvalue weighted by molar-refractivity contribution is 5.04. The summed E-state index contributed by atoms with van der Waals surface area (Å²) in [5.74, 6) is 0. The zero-order valence-electron chi connectivity index (χ0n) is 8.56. The fourth-order valence-corrected chi connectivity index (χ4v) is 2.12. The quantitative estimate of drug-likeness (QED) is 0.669. The third-order valence-corrected chi connectivity index (χ3v) is 2.88. The van der Waals surface area contributed by atoms with Gasteiger partial charge in [-0.25, -0.2) is 0 Å². The molecule has 0 unspecified atom stereocenters. The van der Waals surface area contributed by atoms with Crippen molar-refractivity contribution in [1.29, 1.82) is 0 Å². The SMILES string of the molecule is CCO[C@@H]1CO[C@@]2(N)[C@@H]1OC[C@H]2OC. The molecule has 2 aliphatic heterocycles. The van der Waals surface area contributed by atoms with Gasteiger partial charge in [-0.2, -0.15) is 0 Å². The van der Waals surface area contributed by atoms with Crippen LogP contribution in [0, 0.1) is 0 Å². The molecule has 0 bridgehead atoms. The van der Waals surface area contributed by atoms with E-state index in [0.29, 0.717) is 19.8 Å². The number of methoxy groups -OCH3 is 1. The Morgan fingerprint density at radius 1 is 1.50 bits per heavy atom. The molecule has 4 atom stereocenters. The van der Waals surface area contributed by atoms with Crippen molar-refractivity contribution in [2.75, 3.05) is 26.9 Å². The zero-order chi connectivity index (χ0) is 10.2. The number of hydrogen-bond donors (Lipinski definition) is 1. The molecule has 2 fully saturated rings. The van der Waals surface area contributed by atoms with Gasteiger partial charge in [0.05, 0.1) is 13.2 Å². The molecule has 82 valence electrons. The predicted octanol–water partition coefficient (Wildman–Crippen LogP) is -0.509. The van der Waals surface area contributed by atoms with E-state index in [2.05, 4.69) is 0 Å². The Kier molecular flexibility index (Phi) is 2.77. The molecule has 0 aromatic carbocycles. The van der Waals surface area contributed by atoms with Crippen molar-refractivity contribution in [2.24, 2.45) is 5.73 Å². The van der Waals surface area contributed by atoms with E-state index < -0.39 is 5.72 Å². The molecule has 0 aromatic rings. The van der Waals surface area contributed by atoms with E-state index in [1.807, 2.05) is 6.92 Å². The molecule has 2 N–H and O–H groups in total. The Morgan fingerprint density at radius 3 is 2.93 bits per heavy atom. The van der Waals surface area contributed by atoms with Gasteiger partial charge in [-0.05, 0) is 6.92 Å². The fourth-order valence-electron chi connectivity index (χ4n) is 2.12. The van der Waals surface area contributed by atoms with Gasteiger partial charge in [0.25, 0.3) is 0 Å². The van der Waals surface area contributed by atoms with Crippen molar-refractivity contribution in [3.63, 3.8) is 0 Å². The average Bonchev–Trinajstić information content (AvgIpc) is 2.64. The highest BCUT2D eigenvalue weighted by Gasteiger charge is 2.58. The van der Waals surface area contributed by atoms with Gasteiger partial charge in [0, 0.05) is 13.7 Å². The standard InChI is InChI=1S/C9H17NO4/c1-3-12-6-4-14-9(10)7(11-2)5-13-8(6)9/h6-8H,3-5,10H2,1-2H3/t6-,7-,8-,9-/m1/s1. The number of ether oxygens (including phenoxy) is 4. The molecule has 14 heavy (non-hydrogen) atoms. The maximum absolute atomic E-state index is 6.09. The average molecular weight is 203 g/mol. The summed E-state index contributed by atoms with van der Waals surface area (Å²) in [4.78, 5) is 0. The van der Waals surface area contributed by atoms with Crippen LogP contribution in [0.1, 0.15) is 6.92 Å². The molecule has 0 radical (unpaired) electrons. The summed E-state index contributed by atoms with van der Waals surface area (Å²) >= 11 is 0. The van der Waals surface area contributed by atoms with Crippen LogP contribution >= 0.6 is 0 Å². The molecule has 2 saturated heterocycles. The number of rotatable bonds is 3. The molecular formula is C9H17NO4. The monoisotopic (exact) mass is 203 g/mol. The predicted molar refractivity (Wildman–Crippen MR) is 48.8 cm³/mol. The lowest BCUT2D eigenvalue weighted by Gasteiger charge is -2.27. The van der Waals surface area contributed by atoms with E-state index in [1.54, 1.807) is 7.11 Å². The molecule has 0 aliphatic carbocycles. The Bertz CT molecular complexity index is 213. The topological polar surface area (TPSA) is 62.9 Å². The largest absolute Gasteiger partial charge is 0.374 e. The van der Waals surface area contributed by atoms with Crippen LogP contribution in [0.25, 0.3) is 0 Å². The Labute approximate surface area is 83.4 Å². The zero-order valence-corrected chi connectivity index (χ0v) is 8.56. The van der Waals surface area contributed by atoms with Crippen molar-refractivity contribution < 1.29 is 18.9 Å². The molecule has 2 heterocycles. The van der Waals surface area contributed by atoms with Crippen LogP contribution in [-0.2, 0) is 18.9 Å². The minimum atomic E-state index is -0.825. The fraction of sp³-hybridized carbons (Fsp3) is 1.00. The number of nitrogens with two attached hydrogens (primary N) is 1. The van der Waals surface area contributed by atoms with E-state index in [4.69, 9.17) is 24.7 Å². The first-order valence-electron chi connectivity index (χ1n) is 4.91. The normalized spacial score (nSPS) is 46.9. The van der Waals surface area contributed by atoms with E-state index in [0.717, 1.165) is 0 Å². The van der Waals surface area contributed by atoms with Crippen molar-refractivity contribution in [1.82, 2.24) is 0 Å². The Hall–Kier alpha value is -0.200. The maximum Gasteiger partial charge on any atom is 0.174 e. The van der Waals surface area contributed by atoms with Gasteiger partial charge < -0.3 is 18.9 Å². The van der Waals surface area contributed by atoms with Gasteiger partial charge in [-0.15, -0.1) is 0 Å². The van der Waals surface area contributed by atoms with Gasteiger partial charge in [0.15, 0.2) is 5.72 Å². The second-order valence-electron chi connectivity index (χ2n) is 3.64. The van der Waals surface area contributed by atoms with Crippen LogP contribution < -0.4 is 5.73 Å². The third-order valence-electron chi connectivity index (χ3n) is 2.88. The van der Waals surface area contributed by atoms with E-state index in [1.165, 1.54) is 0 Å². The molecule has 0 saturated carbocycles. The lowest BCUT2D eigenvalue weighted by Crippen LogP contribution is -2.55. The van der Waals surface area contributed by atoms with E-state index in [-0.39, 0.29) is 18.3 Å². The first-order chi connectivity index (χ1) is 6.72. The molecule has 0 spiro atoms. The highest BCUT2D eigenvalue weighted by Crippen LogP contribution is 2.35. The molecule has 0 amide bonds. The van der Waals surface area contributed by atoms with Crippen LogP contribution in [0.5, 0.6) is 0 Å². The molecule has 2 aliphatic rings. The summed E-state index contributed by atoms with van der Waals surface area (Å²) in [5.41, 5.74) is 5.26. The second-order valence-corrected chi connectivity index (χ2v) is 3.64. The summed E-state index contributed by atoms with van der Waals surface area (Å²) in [6.07, 6.45) is -0.462. The highest BCUT2D eigenvalue weighted by atomic mass is 16.7. The van der Waals surface area contributed by atoms with Crippen molar-refractivity contribution in [3.8, 4) is 0 Å². The van der Waals surface area contributed by atoms with Crippen LogP contribution in [0.4, 0.5) is 0 Å². The summed E-state index contributed by atoms with van der Waals surface area (Å²) < 4.78 is 21.8. The lowest BCUT2D eigenvalue weighted by atomic mass is 10.0. The molecule has 5 nitrogen and oxygen atoms in total. The summed E-state index contributed by atoms with van der Waals surface area (Å²) in [6.45, 7) is 3.54. The number of fused-ring (bicyclic) bond motifs is 1. The molecule has 0 aromatic heterocycles. The maximum atomic E-state index is 6.09.